The van der Waals surface area contributed by atoms with Gasteiger partial charge in [0.25, 0.3) is 5.91 Å². The fourth-order valence-electron chi connectivity index (χ4n) is 1.43. The van der Waals surface area contributed by atoms with Crippen LogP contribution in [0.5, 0.6) is 0 Å². The molecule has 0 atom stereocenters. The van der Waals surface area contributed by atoms with E-state index in [9.17, 15) is 13.6 Å². The monoisotopic (exact) mass is 409 g/mol. The van der Waals surface area contributed by atoms with Crippen LogP contribution < -0.4 is 5.32 Å². The van der Waals surface area contributed by atoms with Gasteiger partial charge < -0.3 is 5.32 Å². The van der Waals surface area contributed by atoms with Crippen LogP contribution in [0, 0.1) is 11.6 Å². The molecule has 2 aromatic rings. The minimum Gasteiger partial charge on any atom is -0.348 e. The first-order valence-electron chi connectivity index (χ1n) is 5.14. The second kappa shape index (κ2) is 6.11. The van der Waals surface area contributed by atoms with Gasteiger partial charge in [0, 0.05) is 18.2 Å². The summed E-state index contributed by atoms with van der Waals surface area (Å²) in [6, 6.07) is 4.93. The average Bonchev–Trinajstić information content (AvgIpc) is 2.67. The standard InChI is InChI=1S/C12H7Br2F2NOS/c13-10-4-8(11(14)19-10)12(18)17-5-6-1-2-7(15)3-9(6)16/h1-4H,5H2,(H,17,18). The Morgan fingerprint density at radius 1 is 1.26 bits per heavy atom. The molecule has 0 fully saturated rings. The molecule has 0 aliphatic carbocycles. The fourth-order valence-corrected chi connectivity index (χ4v) is 4.22. The molecule has 0 aliphatic rings. The quantitative estimate of drug-likeness (QED) is 0.793. The summed E-state index contributed by atoms with van der Waals surface area (Å²) in [6.45, 7) is 0.00481. The molecule has 2 nitrogen and oxygen atoms in total. The van der Waals surface area contributed by atoms with Crippen molar-refractivity contribution < 1.29 is 13.6 Å². The van der Waals surface area contributed by atoms with Crippen LogP contribution in [0.25, 0.3) is 0 Å². The number of rotatable bonds is 3. The first kappa shape index (κ1) is 14.6. The summed E-state index contributed by atoms with van der Waals surface area (Å²) in [5.74, 6) is -1.64. The zero-order chi connectivity index (χ0) is 14.0. The van der Waals surface area contributed by atoms with E-state index in [-0.39, 0.29) is 18.0 Å². The molecule has 0 saturated heterocycles. The van der Waals surface area contributed by atoms with E-state index in [1.165, 1.54) is 17.4 Å². The van der Waals surface area contributed by atoms with E-state index in [2.05, 4.69) is 37.2 Å². The first-order chi connectivity index (χ1) is 8.97. The second-order valence-corrected chi connectivity index (χ2v) is 7.41. The Morgan fingerprint density at radius 2 is 2.00 bits per heavy atom. The highest BCUT2D eigenvalue weighted by Crippen LogP contribution is 2.31. The molecule has 1 aromatic heterocycles. The Balaban J connectivity index is 2.06. The van der Waals surface area contributed by atoms with Crippen molar-refractivity contribution in [3.8, 4) is 0 Å². The summed E-state index contributed by atoms with van der Waals surface area (Å²) in [7, 11) is 0. The summed E-state index contributed by atoms with van der Waals surface area (Å²) in [5.41, 5.74) is 0.708. The highest BCUT2D eigenvalue weighted by molar-refractivity contribution is 9.12. The molecule has 19 heavy (non-hydrogen) atoms. The van der Waals surface area contributed by atoms with Crippen LogP contribution in [-0.2, 0) is 6.54 Å². The van der Waals surface area contributed by atoms with Gasteiger partial charge >= 0.3 is 0 Å². The van der Waals surface area contributed by atoms with Gasteiger partial charge in [-0.05, 0) is 44.0 Å². The SMILES string of the molecule is O=C(NCc1ccc(F)cc1F)c1cc(Br)sc1Br. The largest absolute Gasteiger partial charge is 0.348 e. The number of halogens is 4. The number of nitrogens with one attached hydrogen (secondary N) is 1. The van der Waals surface area contributed by atoms with Crippen LogP contribution in [-0.4, -0.2) is 5.91 Å². The Labute approximate surface area is 129 Å². The number of amides is 1. The number of hydrogen-bond donors (Lipinski definition) is 1. The summed E-state index contributed by atoms with van der Waals surface area (Å²) < 4.78 is 27.6. The number of thiophene rings is 1. The maximum atomic E-state index is 13.4. The summed E-state index contributed by atoms with van der Waals surface area (Å²) in [4.78, 5) is 11.9. The van der Waals surface area contributed by atoms with Crippen LogP contribution in [0.15, 0.2) is 31.8 Å². The predicted molar refractivity (Wildman–Crippen MR) is 77.2 cm³/mol. The van der Waals surface area contributed by atoms with Crippen LogP contribution >= 0.6 is 43.2 Å². The molecule has 0 spiro atoms. The Hall–Kier alpha value is -0.790. The number of carbonyl (C=O) groups excluding carboxylic acids is 1. The van der Waals surface area contributed by atoms with Crippen molar-refractivity contribution in [1.29, 1.82) is 0 Å². The molecule has 0 unspecified atom stereocenters. The van der Waals surface area contributed by atoms with Crippen LogP contribution in [0.1, 0.15) is 15.9 Å². The van der Waals surface area contributed by atoms with E-state index in [0.717, 1.165) is 15.9 Å². The molecule has 0 radical (unpaired) electrons. The van der Waals surface area contributed by atoms with Gasteiger partial charge in [-0.3, -0.25) is 4.79 Å². The lowest BCUT2D eigenvalue weighted by molar-refractivity contribution is 0.0950. The van der Waals surface area contributed by atoms with Gasteiger partial charge in [-0.2, -0.15) is 0 Å². The molecule has 2 rings (SSSR count). The number of benzene rings is 1. The molecule has 1 amide bonds. The lowest BCUT2D eigenvalue weighted by Gasteiger charge is -2.05. The van der Waals surface area contributed by atoms with Gasteiger partial charge in [0.2, 0.25) is 0 Å². The van der Waals surface area contributed by atoms with E-state index in [4.69, 9.17) is 0 Å². The lowest BCUT2D eigenvalue weighted by atomic mass is 10.2. The van der Waals surface area contributed by atoms with E-state index in [0.29, 0.717) is 9.35 Å². The van der Waals surface area contributed by atoms with Crippen molar-refractivity contribution in [3.63, 3.8) is 0 Å². The lowest BCUT2D eigenvalue weighted by Crippen LogP contribution is -2.23. The van der Waals surface area contributed by atoms with Crippen LogP contribution in [0.2, 0.25) is 0 Å². The van der Waals surface area contributed by atoms with Crippen molar-refractivity contribution in [2.45, 2.75) is 6.54 Å². The average molecular weight is 411 g/mol. The van der Waals surface area contributed by atoms with Crippen molar-refractivity contribution in [2.75, 3.05) is 0 Å². The molecule has 0 bridgehead atoms. The third-order valence-corrected chi connectivity index (χ3v) is 4.70. The number of hydrogen-bond acceptors (Lipinski definition) is 2. The second-order valence-electron chi connectivity index (χ2n) is 3.66. The fraction of sp³-hybridized carbons (Fsp3) is 0.0833. The predicted octanol–water partition coefficient (Wildman–Crippen LogP) is 4.48. The van der Waals surface area contributed by atoms with Crippen LogP contribution in [0.3, 0.4) is 0 Å². The van der Waals surface area contributed by atoms with E-state index in [1.54, 1.807) is 6.07 Å². The maximum Gasteiger partial charge on any atom is 0.253 e. The van der Waals surface area contributed by atoms with Gasteiger partial charge in [-0.1, -0.05) is 6.07 Å². The first-order valence-corrected chi connectivity index (χ1v) is 7.54. The normalized spacial score (nSPS) is 10.5. The Bertz CT molecular complexity index is 630. The maximum absolute atomic E-state index is 13.4. The zero-order valence-corrected chi connectivity index (χ0v) is 13.3. The summed E-state index contributed by atoms with van der Waals surface area (Å²) in [5, 5.41) is 2.58. The minimum atomic E-state index is -0.675. The Morgan fingerprint density at radius 3 is 2.58 bits per heavy atom. The molecule has 1 aromatic carbocycles. The van der Waals surface area contributed by atoms with Gasteiger partial charge in [-0.15, -0.1) is 11.3 Å². The molecular formula is C12H7Br2F2NOS. The van der Waals surface area contributed by atoms with Crippen LogP contribution in [0.4, 0.5) is 8.78 Å². The van der Waals surface area contributed by atoms with Gasteiger partial charge in [0.1, 0.15) is 11.6 Å². The highest BCUT2D eigenvalue weighted by Gasteiger charge is 2.14. The van der Waals surface area contributed by atoms with Crippen molar-refractivity contribution in [3.05, 3.63) is 54.6 Å². The molecule has 1 heterocycles. The molecule has 1 N–H and O–H groups in total. The molecule has 0 saturated carbocycles. The van der Waals surface area contributed by atoms with Crippen molar-refractivity contribution in [2.24, 2.45) is 0 Å². The van der Waals surface area contributed by atoms with Crippen molar-refractivity contribution >= 4 is 49.1 Å². The van der Waals surface area contributed by atoms with Crippen molar-refractivity contribution in [1.82, 2.24) is 5.32 Å². The number of carbonyl (C=O) groups is 1. The third kappa shape index (κ3) is 3.61. The molecular weight excluding hydrogens is 404 g/mol. The summed E-state index contributed by atoms with van der Waals surface area (Å²) in [6.07, 6.45) is 0. The third-order valence-electron chi connectivity index (χ3n) is 2.36. The van der Waals surface area contributed by atoms with Gasteiger partial charge in [0.15, 0.2) is 0 Å². The molecule has 7 heteroatoms. The van der Waals surface area contributed by atoms with E-state index in [1.807, 2.05) is 0 Å². The molecule has 0 aliphatic heterocycles. The summed E-state index contributed by atoms with van der Waals surface area (Å²) >= 11 is 7.92. The smallest absolute Gasteiger partial charge is 0.253 e. The topological polar surface area (TPSA) is 29.1 Å². The van der Waals surface area contributed by atoms with Gasteiger partial charge in [0.05, 0.1) is 13.1 Å². The van der Waals surface area contributed by atoms with E-state index < -0.39 is 11.6 Å². The van der Waals surface area contributed by atoms with Gasteiger partial charge in [-0.25, -0.2) is 8.78 Å². The molecule has 100 valence electrons. The Kier molecular flexibility index (Phi) is 4.70. The highest BCUT2D eigenvalue weighted by atomic mass is 79.9. The van der Waals surface area contributed by atoms with E-state index >= 15 is 0 Å². The zero-order valence-electron chi connectivity index (χ0n) is 9.34. The minimum absolute atomic E-state index is 0.00481.